The van der Waals surface area contributed by atoms with Crippen LogP contribution in [0.1, 0.15) is 77.3 Å². The van der Waals surface area contributed by atoms with E-state index in [0.29, 0.717) is 61.8 Å². The molecule has 6 rings (SSSR count). The standard InChI is InChI=1S/C58H80N6O14S4/c1-41(2)35-63(37-53(65)51(33-43-13-7-5-8-14-43)61-57(69)77-47-27-29-75-39-47)81(71,72)49-23-19-45(20-24-49)59-55(67)17-11-31-79-80-32-12-18-56(68)60-46-21-25-50(26-22-46)82(73,74)64(36-42(3)4)38-54(66)52(34-44-15-9-6-10-16-44)62-58(70)78-48-28-30-76-40-48/h5-10,13-16,19-26,41-42,47-48,51-54,65-66H,11-12,17-18,27-40H2,1-4H3,(H,59,67)(H,60,68)(H,61,69)(H,62,70)/t47-,48-,51-,52-,53+,54+/m1/s1. The first-order valence-corrected chi connectivity index (χ1v) is 33.2. The maximum absolute atomic E-state index is 14.1. The van der Waals surface area contributed by atoms with E-state index < -0.39 is 68.7 Å². The Bertz CT molecular complexity index is 2630. The van der Waals surface area contributed by atoms with E-state index in [4.69, 9.17) is 18.9 Å². The number of aliphatic hydroxyl groups is 2. The summed E-state index contributed by atoms with van der Waals surface area (Å²) in [5.74, 6) is 0.700. The van der Waals surface area contributed by atoms with Crippen molar-refractivity contribution in [1.29, 1.82) is 0 Å². The first-order valence-electron chi connectivity index (χ1n) is 27.8. The minimum absolute atomic E-state index is 0.0181. The van der Waals surface area contributed by atoms with Crippen molar-refractivity contribution in [3.63, 3.8) is 0 Å². The number of hydrogen-bond donors (Lipinski definition) is 6. The number of anilines is 2. The van der Waals surface area contributed by atoms with E-state index in [0.717, 1.165) is 11.1 Å². The fourth-order valence-corrected chi connectivity index (χ4v) is 14.5. The van der Waals surface area contributed by atoms with Gasteiger partial charge in [0, 0.05) is 74.7 Å². The van der Waals surface area contributed by atoms with Crippen molar-refractivity contribution in [3.8, 4) is 0 Å². The van der Waals surface area contributed by atoms with Gasteiger partial charge in [-0.3, -0.25) is 9.59 Å². The summed E-state index contributed by atoms with van der Waals surface area (Å²) in [4.78, 5) is 51.5. The average molecular weight is 1210 g/mol. The van der Waals surface area contributed by atoms with E-state index in [9.17, 15) is 46.2 Å². The molecule has 4 aromatic carbocycles. The quantitative estimate of drug-likeness (QED) is 0.0199. The van der Waals surface area contributed by atoms with Crippen LogP contribution in [0.3, 0.4) is 0 Å². The Balaban J connectivity index is 0.903. The maximum Gasteiger partial charge on any atom is 0.407 e. The zero-order valence-electron chi connectivity index (χ0n) is 47.1. The largest absolute Gasteiger partial charge is 0.444 e. The molecule has 6 atom stereocenters. The van der Waals surface area contributed by atoms with Crippen molar-refractivity contribution in [2.24, 2.45) is 11.8 Å². The van der Waals surface area contributed by atoms with Gasteiger partial charge in [0.2, 0.25) is 31.9 Å². The molecule has 0 aromatic heterocycles. The predicted octanol–water partition coefficient (Wildman–Crippen LogP) is 7.47. The van der Waals surface area contributed by atoms with Crippen LogP contribution in [-0.2, 0) is 61.4 Å². The highest BCUT2D eigenvalue weighted by Gasteiger charge is 2.34. The summed E-state index contributed by atoms with van der Waals surface area (Å²) < 4.78 is 80.4. The summed E-state index contributed by atoms with van der Waals surface area (Å²) in [6.07, 6.45) is -1.64. The number of amides is 4. The number of benzene rings is 4. The molecule has 0 spiro atoms. The van der Waals surface area contributed by atoms with Crippen LogP contribution < -0.4 is 21.3 Å². The van der Waals surface area contributed by atoms with Crippen LogP contribution in [0.15, 0.2) is 119 Å². The number of alkyl carbamates (subject to hydrolysis) is 2. The SMILES string of the molecule is CC(C)CN(C[C@H](O)[C@@H](Cc1ccccc1)NC(=O)O[C@@H]1CCOC1)S(=O)(=O)c1ccc(NC(=O)CCCSSCCCC(=O)Nc2ccc(S(=O)(=O)N(CC(C)C)C[C@H](O)[C@@H](Cc3ccccc3)NC(=O)O[C@@H]3CCOC3)cc2)cc1. The molecule has 0 saturated carbocycles. The second-order valence-electron chi connectivity index (χ2n) is 21.2. The number of aliphatic hydroxyl groups excluding tert-OH is 2. The third kappa shape index (κ3) is 22.0. The molecule has 4 aromatic rings. The molecule has 2 heterocycles. The zero-order chi connectivity index (χ0) is 59.1. The van der Waals surface area contributed by atoms with Gasteiger partial charge in [-0.15, -0.1) is 0 Å². The zero-order valence-corrected chi connectivity index (χ0v) is 50.3. The van der Waals surface area contributed by atoms with Gasteiger partial charge in [-0.25, -0.2) is 26.4 Å². The molecule has 82 heavy (non-hydrogen) atoms. The third-order valence-corrected chi connectivity index (χ3v) is 19.5. The second-order valence-corrected chi connectivity index (χ2v) is 27.8. The highest BCUT2D eigenvalue weighted by molar-refractivity contribution is 8.76. The third-order valence-electron chi connectivity index (χ3n) is 13.3. The Labute approximate surface area is 491 Å². The highest BCUT2D eigenvalue weighted by atomic mass is 33.1. The molecule has 0 radical (unpaired) electrons. The van der Waals surface area contributed by atoms with Gasteiger partial charge >= 0.3 is 12.2 Å². The van der Waals surface area contributed by atoms with Gasteiger partial charge in [0.1, 0.15) is 12.2 Å². The summed E-state index contributed by atoms with van der Waals surface area (Å²) in [5, 5.41) is 34.3. The van der Waals surface area contributed by atoms with Crippen molar-refractivity contribution in [3.05, 3.63) is 120 Å². The Hall–Kier alpha value is -5.28. The number of carbonyl (C=O) groups excluding carboxylic acids is 4. The fraction of sp³-hybridized carbons (Fsp3) is 0.517. The van der Waals surface area contributed by atoms with Crippen LogP contribution in [0.25, 0.3) is 0 Å². The van der Waals surface area contributed by atoms with E-state index in [-0.39, 0.29) is 98.5 Å². The molecular weight excluding hydrogens is 1130 g/mol. The monoisotopic (exact) mass is 1210 g/mol. The van der Waals surface area contributed by atoms with E-state index in [1.807, 2.05) is 88.4 Å². The number of nitrogens with one attached hydrogen (secondary N) is 4. The lowest BCUT2D eigenvalue weighted by molar-refractivity contribution is -0.117. The first-order chi connectivity index (χ1) is 39.2. The summed E-state index contributed by atoms with van der Waals surface area (Å²) in [6, 6.07) is 28.5. The van der Waals surface area contributed by atoms with Gasteiger partial charge in [-0.05, 0) is 97.2 Å². The molecule has 0 aliphatic carbocycles. The van der Waals surface area contributed by atoms with Gasteiger partial charge in [0.15, 0.2) is 0 Å². The lowest BCUT2D eigenvalue weighted by Gasteiger charge is -2.30. The average Bonchev–Trinajstić information content (AvgIpc) is 4.22. The number of hydrogen-bond acceptors (Lipinski definition) is 16. The molecule has 0 unspecified atom stereocenters. The van der Waals surface area contributed by atoms with Gasteiger partial charge in [0.05, 0.1) is 60.5 Å². The minimum atomic E-state index is -4.13. The van der Waals surface area contributed by atoms with Crippen LogP contribution in [0.5, 0.6) is 0 Å². The normalized spacial score (nSPS) is 17.1. The molecule has 24 heteroatoms. The van der Waals surface area contributed by atoms with Gasteiger partial charge in [0.25, 0.3) is 0 Å². The molecule has 20 nitrogen and oxygen atoms in total. The number of sulfonamides is 2. The van der Waals surface area contributed by atoms with Crippen LogP contribution in [0, 0.1) is 11.8 Å². The number of nitrogens with zero attached hydrogens (tertiary/aromatic N) is 2. The molecule has 2 fully saturated rings. The Morgan fingerprint density at radius 1 is 0.561 bits per heavy atom. The van der Waals surface area contributed by atoms with Crippen LogP contribution >= 0.6 is 21.6 Å². The van der Waals surface area contributed by atoms with E-state index in [1.165, 1.54) is 57.1 Å². The molecule has 2 saturated heterocycles. The van der Waals surface area contributed by atoms with E-state index in [2.05, 4.69) is 21.3 Å². The highest BCUT2D eigenvalue weighted by Crippen LogP contribution is 2.26. The van der Waals surface area contributed by atoms with E-state index in [1.54, 1.807) is 21.6 Å². The molecule has 4 amide bonds. The molecule has 450 valence electrons. The van der Waals surface area contributed by atoms with E-state index >= 15 is 0 Å². The summed E-state index contributed by atoms with van der Waals surface area (Å²) >= 11 is 0. The Morgan fingerprint density at radius 3 is 1.26 bits per heavy atom. The topological polar surface area (TPSA) is 269 Å². The number of ether oxygens (including phenoxy) is 4. The Kier molecular flexibility index (Phi) is 26.7. The first kappa shape index (κ1) is 65.9. The maximum atomic E-state index is 14.1. The Morgan fingerprint density at radius 2 is 0.927 bits per heavy atom. The summed E-state index contributed by atoms with van der Waals surface area (Å²) in [7, 11) is -5.09. The molecule has 6 N–H and O–H groups in total. The predicted molar refractivity (Wildman–Crippen MR) is 318 cm³/mol. The van der Waals surface area contributed by atoms with Gasteiger partial charge < -0.3 is 50.4 Å². The number of carbonyl (C=O) groups is 4. The fourth-order valence-electron chi connectivity index (χ4n) is 9.08. The lowest BCUT2D eigenvalue weighted by Crippen LogP contribution is -2.51. The van der Waals surface area contributed by atoms with Gasteiger partial charge in [-0.2, -0.15) is 8.61 Å². The molecule has 2 aliphatic heterocycles. The van der Waals surface area contributed by atoms with Crippen molar-refractivity contribution < 1.29 is 65.2 Å². The smallest absolute Gasteiger partial charge is 0.407 e. The number of rotatable bonds is 33. The van der Waals surface area contributed by atoms with Crippen molar-refractivity contribution in [2.75, 3.05) is 74.7 Å². The van der Waals surface area contributed by atoms with Crippen LogP contribution in [0.4, 0.5) is 21.0 Å². The summed E-state index contributed by atoms with van der Waals surface area (Å²) in [5.41, 5.74) is 2.52. The van der Waals surface area contributed by atoms with Crippen molar-refractivity contribution in [2.45, 2.75) is 125 Å². The molecule has 2 aliphatic rings. The lowest BCUT2D eigenvalue weighted by atomic mass is 10.0. The van der Waals surface area contributed by atoms with Crippen LogP contribution in [0.2, 0.25) is 0 Å². The van der Waals surface area contributed by atoms with Crippen molar-refractivity contribution in [1.82, 2.24) is 19.2 Å². The van der Waals surface area contributed by atoms with Gasteiger partial charge in [-0.1, -0.05) is 110 Å². The molecule has 0 bridgehead atoms. The van der Waals surface area contributed by atoms with Crippen molar-refractivity contribution >= 4 is 77.0 Å². The second kappa shape index (κ2) is 33.3. The minimum Gasteiger partial charge on any atom is -0.444 e. The summed E-state index contributed by atoms with van der Waals surface area (Å²) in [6.45, 7) is 8.63. The molecular formula is C58H80N6O14S4. The van der Waals surface area contributed by atoms with Crippen LogP contribution in [-0.4, -0.2) is 160 Å².